The van der Waals surface area contributed by atoms with Crippen LogP contribution in [0.25, 0.3) is 0 Å². The van der Waals surface area contributed by atoms with Gasteiger partial charge in [0.05, 0.1) is 6.20 Å². The lowest BCUT2D eigenvalue weighted by Gasteiger charge is -1.87. The molecule has 0 atom stereocenters. The van der Waals surface area contributed by atoms with Crippen LogP contribution in [-0.2, 0) is 0 Å². The second-order valence-corrected chi connectivity index (χ2v) is 1.45. The van der Waals surface area contributed by atoms with Crippen molar-refractivity contribution in [2.24, 2.45) is 5.73 Å². The van der Waals surface area contributed by atoms with Crippen LogP contribution in [0.2, 0.25) is 0 Å². The number of halogens is 1. The third-order valence-electron chi connectivity index (χ3n) is 0.816. The summed E-state index contributed by atoms with van der Waals surface area (Å²) in [5.74, 6) is -0.553. The number of nitrogens with two attached hydrogens (primary N) is 1. The highest BCUT2D eigenvalue weighted by atomic mass is 127. The first-order valence-electron chi connectivity index (χ1n) is 2.74. The zero-order valence-corrected chi connectivity index (χ0v) is 8.15. The molecular weight excluding hydrogens is 257 g/mol. The first-order valence-corrected chi connectivity index (χ1v) is 4.90. The van der Waals surface area contributed by atoms with Crippen LogP contribution in [0, 0.1) is 0 Å². The van der Waals surface area contributed by atoms with Crippen LogP contribution in [0.4, 0.5) is 0 Å². The van der Waals surface area contributed by atoms with Gasteiger partial charge in [-0.1, -0.05) is 22.6 Å². The van der Waals surface area contributed by atoms with Crippen molar-refractivity contribution in [3.8, 4) is 0 Å². The van der Waals surface area contributed by atoms with E-state index in [0.29, 0.717) is 0 Å². The summed E-state index contributed by atoms with van der Waals surface area (Å²) in [6, 6.07) is 0. The van der Waals surface area contributed by atoms with E-state index in [2.05, 4.69) is 32.6 Å². The van der Waals surface area contributed by atoms with Crippen LogP contribution < -0.4 is 5.73 Å². The maximum atomic E-state index is 10.3. The Labute approximate surface area is 78.4 Å². The van der Waals surface area contributed by atoms with Crippen molar-refractivity contribution in [2.75, 3.05) is 4.93 Å². The average molecular weight is 265 g/mol. The number of carbonyl (C=O) groups excluding carboxylic acids is 1. The number of primary amides is 1. The van der Waals surface area contributed by atoms with E-state index in [1.54, 1.807) is 0 Å². The van der Waals surface area contributed by atoms with Gasteiger partial charge in [-0.2, -0.15) is 0 Å². The third kappa shape index (κ3) is 3.87. The lowest BCUT2D eigenvalue weighted by molar-refractivity contribution is 0.0995. The molecular formula is C6H8IN3O. The first-order chi connectivity index (χ1) is 5.30. The summed E-state index contributed by atoms with van der Waals surface area (Å²) in [5, 5.41) is 0. The Morgan fingerprint density at radius 3 is 2.45 bits per heavy atom. The summed E-state index contributed by atoms with van der Waals surface area (Å²) in [4.78, 5) is 19.6. The molecule has 4 nitrogen and oxygen atoms in total. The topological polar surface area (TPSA) is 68.9 Å². The van der Waals surface area contributed by atoms with Crippen molar-refractivity contribution in [3.63, 3.8) is 0 Å². The van der Waals surface area contributed by atoms with Crippen LogP contribution in [0.3, 0.4) is 0 Å². The quantitative estimate of drug-likeness (QED) is 0.598. The molecule has 1 rings (SSSR count). The van der Waals surface area contributed by atoms with Gasteiger partial charge in [0.2, 0.25) is 0 Å². The van der Waals surface area contributed by atoms with Crippen molar-refractivity contribution < 1.29 is 4.79 Å². The predicted molar refractivity (Wildman–Crippen MR) is 50.5 cm³/mol. The minimum absolute atomic E-state index is 0.192. The van der Waals surface area contributed by atoms with Crippen LogP contribution in [0.5, 0.6) is 0 Å². The van der Waals surface area contributed by atoms with Gasteiger partial charge in [-0.3, -0.25) is 9.78 Å². The van der Waals surface area contributed by atoms with E-state index in [4.69, 9.17) is 5.73 Å². The zero-order chi connectivity index (χ0) is 8.69. The van der Waals surface area contributed by atoms with Gasteiger partial charge in [0.1, 0.15) is 5.69 Å². The highest BCUT2D eigenvalue weighted by Crippen LogP contribution is 1.84. The van der Waals surface area contributed by atoms with Gasteiger partial charge in [0.25, 0.3) is 5.91 Å². The Balaban J connectivity index is 0.000000461. The fraction of sp³-hybridized carbons (Fsp3) is 0.167. The normalized spacial score (nSPS) is 7.82. The number of aromatic nitrogens is 2. The molecule has 1 amide bonds. The Morgan fingerprint density at radius 1 is 1.55 bits per heavy atom. The van der Waals surface area contributed by atoms with Crippen molar-refractivity contribution in [1.29, 1.82) is 0 Å². The number of hydrogen-bond donors (Lipinski definition) is 1. The molecule has 2 N–H and O–H groups in total. The fourth-order valence-electron chi connectivity index (χ4n) is 0.426. The standard InChI is InChI=1S/C5H5N3O.CH3I/c6-5(9)4-3-7-1-2-8-4;1-2/h1-3H,(H2,6,9);1H3. The molecule has 11 heavy (non-hydrogen) atoms. The highest BCUT2D eigenvalue weighted by Gasteiger charge is 1.97. The van der Waals surface area contributed by atoms with Gasteiger partial charge in [-0.05, 0) is 4.93 Å². The lowest BCUT2D eigenvalue weighted by atomic mass is 10.4. The van der Waals surface area contributed by atoms with Gasteiger partial charge in [-0.25, -0.2) is 4.98 Å². The molecule has 0 unspecified atom stereocenters. The van der Waals surface area contributed by atoms with Crippen LogP contribution in [0.1, 0.15) is 10.5 Å². The fourth-order valence-corrected chi connectivity index (χ4v) is 0.426. The second-order valence-electron chi connectivity index (χ2n) is 1.45. The molecule has 0 aromatic carbocycles. The molecule has 0 aliphatic rings. The van der Waals surface area contributed by atoms with Crippen LogP contribution in [-0.4, -0.2) is 20.8 Å². The Kier molecular flexibility index (Phi) is 5.63. The van der Waals surface area contributed by atoms with Crippen LogP contribution >= 0.6 is 22.6 Å². The zero-order valence-electron chi connectivity index (χ0n) is 5.99. The summed E-state index contributed by atoms with van der Waals surface area (Å²) in [7, 11) is 0. The number of nitrogens with zero attached hydrogens (tertiary/aromatic N) is 2. The summed E-state index contributed by atoms with van der Waals surface area (Å²) in [5.41, 5.74) is 5.06. The smallest absolute Gasteiger partial charge is 0.268 e. The lowest BCUT2D eigenvalue weighted by Crippen LogP contribution is -2.12. The van der Waals surface area contributed by atoms with E-state index in [-0.39, 0.29) is 5.69 Å². The molecule has 0 spiro atoms. The van der Waals surface area contributed by atoms with Gasteiger partial charge in [-0.15, -0.1) is 0 Å². The molecule has 0 aliphatic heterocycles. The minimum atomic E-state index is -0.553. The van der Waals surface area contributed by atoms with Gasteiger partial charge in [0.15, 0.2) is 0 Å². The molecule has 0 aliphatic carbocycles. The highest BCUT2D eigenvalue weighted by molar-refractivity contribution is 14.1. The maximum Gasteiger partial charge on any atom is 0.268 e. The SMILES string of the molecule is CI.NC(=O)c1cnccn1. The molecule has 1 aromatic rings. The number of hydrogen-bond acceptors (Lipinski definition) is 3. The Hall–Kier alpha value is -0.720. The summed E-state index contributed by atoms with van der Waals surface area (Å²) in [6.07, 6.45) is 4.22. The van der Waals surface area contributed by atoms with Gasteiger partial charge < -0.3 is 5.73 Å². The molecule has 0 saturated heterocycles. The summed E-state index contributed by atoms with van der Waals surface area (Å²) < 4.78 is 0. The van der Waals surface area contributed by atoms with E-state index in [9.17, 15) is 4.79 Å². The maximum absolute atomic E-state index is 10.3. The van der Waals surface area contributed by atoms with E-state index >= 15 is 0 Å². The molecule has 1 heterocycles. The number of amides is 1. The molecule has 1 aromatic heterocycles. The summed E-state index contributed by atoms with van der Waals surface area (Å²) >= 11 is 2.15. The van der Waals surface area contributed by atoms with Gasteiger partial charge in [0, 0.05) is 12.4 Å². The Bertz CT molecular complexity index is 214. The van der Waals surface area contributed by atoms with Crippen molar-refractivity contribution in [3.05, 3.63) is 24.3 Å². The largest absolute Gasteiger partial charge is 0.364 e. The third-order valence-corrected chi connectivity index (χ3v) is 0.816. The van der Waals surface area contributed by atoms with E-state index in [1.165, 1.54) is 18.6 Å². The van der Waals surface area contributed by atoms with Crippen molar-refractivity contribution in [1.82, 2.24) is 9.97 Å². The molecule has 0 radical (unpaired) electrons. The number of alkyl halides is 1. The van der Waals surface area contributed by atoms with E-state index < -0.39 is 5.91 Å². The van der Waals surface area contributed by atoms with Gasteiger partial charge >= 0.3 is 0 Å². The summed E-state index contributed by atoms with van der Waals surface area (Å²) in [6.45, 7) is 0. The molecule has 0 saturated carbocycles. The second kappa shape index (κ2) is 6.02. The molecule has 0 fully saturated rings. The molecule has 60 valence electrons. The molecule has 5 heteroatoms. The average Bonchev–Trinajstić information content (AvgIpc) is 2.10. The Morgan fingerprint density at radius 2 is 2.18 bits per heavy atom. The van der Waals surface area contributed by atoms with Crippen molar-refractivity contribution in [2.45, 2.75) is 0 Å². The molecule has 0 bridgehead atoms. The number of carbonyl (C=O) groups is 1. The van der Waals surface area contributed by atoms with E-state index in [0.717, 1.165) is 0 Å². The number of rotatable bonds is 1. The monoisotopic (exact) mass is 265 g/mol. The van der Waals surface area contributed by atoms with Crippen LogP contribution in [0.15, 0.2) is 18.6 Å². The minimum Gasteiger partial charge on any atom is -0.364 e. The predicted octanol–water partition coefficient (Wildman–Crippen LogP) is 0.627. The first kappa shape index (κ1) is 10.3. The van der Waals surface area contributed by atoms with Crippen molar-refractivity contribution >= 4 is 28.5 Å². The van der Waals surface area contributed by atoms with E-state index in [1.807, 2.05) is 4.93 Å².